The van der Waals surface area contributed by atoms with Crippen LogP contribution in [0.2, 0.25) is 0 Å². The maximum absolute atomic E-state index is 5.45. The summed E-state index contributed by atoms with van der Waals surface area (Å²) in [4.78, 5) is 4.25. The van der Waals surface area contributed by atoms with Crippen molar-refractivity contribution in [3.05, 3.63) is 29.7 Å². The molecule has 1 aromatic carbocycles. The van der Waals surface area contributed by atoms with E-state index in [1.165, 1.54) is 5.56 Å². The number of benzene rings is 1. The van der Waals surface area contributed by atoms with Gasteiger partial charge in [-0.1, -0.05) is 13.0 Å². The van der Waals surface area contributed by atoms with Gasteiger partial charge in [0.25, 0.3) is 0 Å². The molecule has 0 bridgehead atoms. The van der Waals surface area contributed by atoms with Crippen LogP contribution in [0.3, 0.4) is 0 Å². The molecule has 1 N–H and O–H groups in total. The largest absolute Gasteiger partial charge is 0.441 e. The monoisotopic (exact) mass is 190 g/mol. The Labute approximate surface area is 83.1 Å². The molecule has 0 atom stereocenters. The van der Waals surface area contributed by atoms with Crippen LogP contribution < -0.4 is 5.32 Å². The van der Waals surface area contributed by atoms with E-state index in [0.717, 1.165) is 30.1 Å². The molecule has 0 saturated heterocycles. The summed E-state index contributed by atoms with van der Waals surface area (Å²) in [6.07, 6.45) is 0. The number of hydrogen-bond donors (Lipinski definition) is 1. The molecule has 0 saturated carbocycles. The number of hydrogen-bond acceptors (Lipinski definition) is 3. The highest BCUT2D eigenvalue weighted by Crippen LogP contribution is 2.16. The summed E-state index contributed by atoms with van der Waals surface area (Å²) in [5, 5.41) is 3.27. The van der Waals surface area contributed by atoms with E-state index < -0.39 is 0 Å². The topological polar surface area (TPSA) is 38.1 Å². The molecule has 0 amide bonds. The van der Waals surface area contributed by atoms with Crippen molar-refractivity contribution in [2.24, 2.45) is 0 Å². The molecule has 1 heterocycles. The summed E-state index contributed by atoms with van der Waals surface area (Å²) in [6, 6.07) is 6.11. The SMILES string of the molecule is CCNCc1ccc2nc(C)oc2c1. The lowest BCUT2D eigenvalue weighted by Crippen LogP contribution is -2.11. The maximum Gasteiger partial charge on any atom is 0.192 e. The second-order valence-electron chi connectivity index (χ2n) is 3.32. The quantitative estimate of drug-likeness (QED) is 0.806. The van der Waals surface area contributed by atoms with E-state index in [9.17, 15) is 0 Å². The lowest BCUT2D eigenvalue weighted by molar-refractivity contribution is 0.560. The fraction of sp³-hybridized carbons (Fsp3) is 0.364. The van der Waals surface area contributed by atoms with Gasteiger partial charge in [0.1, 0.15) is 5.52 Å². The Balaban J connectivity index is 2.31. The van der Waals surface area contributed by atoms with Gasteiger partial charge in [0.05, 0.1) is 0 Å². The van der Waals surface area contributed by atoms with Crippen LogP contribution in [-0.4, -0.2) is 11.5 Å². The average molecular weight is 190 g/mol. The zero-order valence-corrected chi connectivity index (χ0v) is 8.50. The molecule has 1 aromatic heterocycles. The molecule has 0 spiro atoms. The van der Waals surface area contributed by atoms with E-state index in [2.05, 4.69) is 23.3 Å². The van der Waals surface area contributed by atoms with Gasteiger partial charge in [-0.25, -0.2) is 4.98 Å². The highest BCUT2D eigenvalue weighted by Gasteiger charge is 2.02. The standard InChI is InChI=1S/C11H14N2O/c1-3-12-7-9-4-5-10-11(6-9)14-8(2)13-10/h4-6,12H,3,7H2,1-2H3. The van der Waals surface area contributed by atoms with E-state index >= 15 is 0 Å². The van der Waals surface area contributed by atoms with Crippen molar-refractivity contribution in [1.29, 1.82) is 0 Å². The first-order valence-corrected chi connectivity index (χ1v) is 4.86. The Kier molecular flexibility index (Phi) is 2.50. The van der Waals surface area contributed by atoms with Crippen molar-refractivity contribution in [2.75, 3.05) is 6.54 Å². The third kappa shape index (κ3) is 1.77. The van der Waals surface area contributed by atoms with Crippen LogP contribution >= 0.6 is 0 Å². The van der Waals surface area contributed by atoms with Crippen molar-refractivity contribution in [3.63, 3.8) is 0 Å². The molecule has 14 heavy (non-hydrogen) atoms. The molecule has 0 radical (unpaired) electrons. The van der Waals surface area contributed by atoms with E-state index in [4.69, 9.17) is 4.42 Å². The highest BCUT2D eigenvalue weighted by molar-refractivity contribution is 5.73. The van der Waals surface area contributed by atoms with E-state index in [0.29, 0.717) is 0 Å². The van der Waals surface area contributed by atoms with Crippen LogP contribution in [0.25, 0.3) is 11.1 Å². The predicted octanol–water partition coefficient (Wildman–Crippen LogP) is 2.25. The minimum atomic E-state index is 0.723. The number of nitrogens with one attached hydrogen (secondary N) is 1. The average Bonchev–Trinajstić information content (AvgIpc) is 2.54. The van der Waals surface area contributed by atoms with Gasteiger partial charge < -0.3 is 9.73 Å². The Morgan fingerprint density at radius 3 is 3.07 bits per heavy atom. The van der Waals surface area contributed by atoms with E-state index in [1.807, 2.05) is 19.1 Å². The fourth-order valence-corrected chi connectivity index (χ4v) is 1.46. The molecular weight excluding hydrogens is 176 g/mol. The first kappa shape index (κ1) is 9.21. The summed E-state index contributed by atoms with van der Waals surface area (Å²) in [7, 11) is 0. The molecule has 3 heteroatoms. The van der Waals surface area contributed by atoms with Crippen molar-refractivity contribution >= 4 is 11.1 Å². The molecule has 3 nitrogen and oxygen atoms in total. The molecule has 0 unspecified atom stereocenters. The highest BCUT2D eigenvalue weighted by atomic mass is 16.3. The van der Waals surface area contributed by atoms with Crippen molar-refractivity contribution in [1.82, 2.24) is 10.3 Å². The lowest BCUT2D eigenvalue weighted by atomic mass is 10.2. The number of rotatable bonds is 3. The summed E-state index contributed by atoms with van der Waals surface area (Å²) < 4.78 is 5.45. The van der Waals surface area contributed by atoms with Crippen LogP contribution in [0.15, 0.2) is 22.6 Å². The third-order valence-electron chi connectivity index (χ3n) is 2.14. The van der Waals surface area contributed by atoms with Gasteiger partial charge in [-0.15, -0.1) is 0 Å². The molecule has 0 aliphatic heterocycles. The summed E-state index contributed by atoms with van der Waals surface area (Å²) in [5.74, 6) is 0.723. The third-order valence-corrected chi connectivity index (χ3v) is 2.14. The fourth-order valence-electron chi connectivity index (χ4n) is 1.46. The number of oxazole rings is 1. The van der Waals surface area contributed by atoms with Gasteiger partial charge in [0.2, 0.25) is 0 Å². The summed E-state index contributed by atoms with van der Waals surface area (Å²) >= 11 is 0. The van der Waals surface area contributed by atoms with Gasteiger partial charge in [-0.05, 0) is 24.2 Å². The van der Waals surface area contributed by atoms with Gasteiger partial charge in [0, 0.05) is 13.5 Å². The molecule has 0 fully saturated rings. The molecular formula is C11H14N2O. The van der Waals surface area contributed by atoms with Gasteiger partial charge in [-0.3, -0.25) is 0 Å². The van der Waals surface area contributed by atoms with Crippen LogP contribution in [0, 0.1) is 6.92 Å². The minimum absolute atomic E-state index is 0.723. The van der Waals surface area contributed by atoms with Gasteiger partial charge >= 0.3 is 0 Å². The Bertz CT molecular complexity index is 434. The molecule has 0 aliphatic carbocycles. The number of aromatic nitrogens is 1. The molecule has 2 rings (SSSR count). The zero-order valence-electron chi connectivity index (χ0n) is 8.50. The smallest absolute Gasteiger partial charge is 0.192 e. The first-order valence-electron chi connectivity index (χ1n) is 4.86. The maximum atomic E-state index is 5.45. The second kappa shape index (κ2) is 3.80. The van der Waals surface area contributed by atoms with Crippen LogP contribution in [-0.2, 0) is 6.54 Å². The van der Waals surface area contributed by atoms with Crippen molar-refractivity contribution in [3.8, 4) is 0 Å². The first-order chi connectivity index (χ1) is 6.79. The van der Waals surface area contributed by atoms with Gasteiger partial charge in [0.15, 0.2) is 11.5 Å². The minimum Gasteiger partial charge on any atom is -0.441 e. The normalized spacial score (nSPS) is 11.0. The molecule has 0 aliphatic rings. The summed E-state index contributed by atoms with van der Waals surface area (Å²) in [6.45, 7) is 5.82. The number of fused-ring (bicyclic) bond motifs is 1. The van der Waals surface area contributed by atoms with Gasteiger partial charge in [-0.2, -0.15) is 0 Å². The van der Waals surface area contributed by atoms with E-state index in [1.54, 1.807) is 0 Å². The van der Waals surface area contributed by atoms with Crippen LogP contribution in [0.4, 0.5) is 0 Å². The zero-order chi connectivity index (χ0) is 9.97. The number of aryl methyl sites for hydroxylation is 1. The lowest BCUT2D eigenvalue weighted by Gasteiger charge is -2.00. The predicted molar refractivity (Wildman–Crippen MR) is 56.1 cm³/mol. The second-order valence-corrected chi connectivity index (χ2v) is 3.32. The Morgan fingerprint density at radius 2 is 2.29 bits per heavy atom. The Hall–Kier alpha value is -1.35. The Morgan fingerprint density at radius 1 is 1.43 bits per heavy atom. The number of nitrogens with zero attached hydrogens (tertiary/aromatic N) is 1. The molecule has 2 aromatic rings. The summed E-state index contributed by atoms with van der Waals surface area (Å²) in [5.41, 5.74) is 3.04. The van der Waals surface area contributed by atoms with Crippen molar-refractivity contribution in [2.45, 2.75) is 20.4 Å². The van der Waals surface area contributed by atoms with E-state index in [-0.39, 0.29) is 0 Å². The van der Waals surface area contributed by atoms with Crippen molar-refractivity contribution < 1.29 is 4.42 Å². The molecule has 74 valence electrons. The van der Waals surface area contributed by atoms with Crippen LogP contribution in [0.1, 0.15) is 18.4 Å². The van der Waals surface area contributed by atoms with Crippen LogP contribution in [0.5, 0.6) is 0 Å².